The maximum atomic E-state index is 9.66. The Morgan fingerprint density at radius 2 is 1.46 bits per heavy atom. The maximum Gasteiger partial charge on any atom is 0.116 e. The van der Waals surface area contributed by atoms with Gasteiger partial charge in [-0.25, -0.2) is 0 Å². The fourth-order valence-electron chi connectivity index (χ4n) is 3.26. The summed E-state index contributed by atoms with van der Waals surface area (Å²) in [5.74, 6) is 1.04. The fourth-order valence-corrected chi connectivity index (χ4v) is 3.26. The minimum absolute atomic E-state index is 0.233. The van der Waals surface area contributed by atoms with Gasteiger partial charge in [0.2, 0.25) is 0 Å². The molecular weight excluding hydrogens is 328 g/mol. The largest absolute Gasteiger partial charge is 0.508 e. The molecule has 0 amide bonds. The van der Waals surface area contributed by atoms with Gasteiger partial charge in [-0.2, -0.15) is 0 Å². The predicted molar refractivity (Wildman–Crippen MR) is 104 cm³/mol. The van der Waals surface area contributed by atoms with Gasteiger partial charge in [0, 0.05) is 47.2 Å². The van der Waals surface area contributed by atoms with Crippen LogP contribution in [0, 0.1) is 0 Å². The number of benzene rings is 2. The van der Waals surface area contributed by atoms with Crippen LogP contribution in [0.1, 0.15) is 11.1 Å². The molecule has 4 rings (SSSR count). The maximum absolute atomic E-state index is 9.66. The van der Waals surface area contributed by atoms with Crippen molar-refractivity contribution in [1.82, 2.24) is 9.97 Å². The summed E-state index contributed by atoms with van der Waals surface area (Å²) in [6.45, 7) is 0.571. The number of nitrogens with one attached hydrogen (secondary N) is 2. The first-order valence-electron chi connectivity index (χ1n) is 8.47. The van der Waals surface area contributed by atoms with Crippen LogP contribution in [0.4, 0.5) is 0 Å². The number of aromatic nitrogens is 2. The van der Waals surface area contributed by atoms with Crippen LogP contribution in [0.15, 0.2) is 53.8 Å². The van der Waals surface area contributed by atoms with Crippen LogP contribution in [-0.2, 0) is 12.8 Å². The molecule has 0 fully saturated rings. The minimum atomic E-state index is 0.233. The summed E-state index contributed by atoms with van der Waals surface area (Å²) in [6.07, 6.45) is 5.10. The number of aromatic amines is 2. The summed E-state index contributed by atoms with van der Waals surface area (Å²) in [5.41, 5.74) is 10.2. The van der Waals surface area contributed by atoms with Gasteiger partial charge in [0.05, 0.1) is 5.84 Å². The first kappa shape index (κ1) is 16.1. The smallest absolute Gasteiger partial charge is 0.116 e. The summed E-state index contributed by atoms with van der Waals surface area (Å²) in [5, 5.41) is 21.3. The molecule has 0 atom stereocenters. The SMILES string of the molecule is NC(Cc1c[nH]c2ccc(O)cc12)=NCCc1c[nH]c2ccc(O)cc12. The fraction of sp³-hybridized carbons (Fsp3) is 0.150. The molecule has 132 valence electrons. The highest BCUT2D eigenvalue weighted by Gasteiger charge is 2.07. The normalized spacial score (nSPS) is 12.2. The first-order chi connectivity index (χ1) is 12.6. The third-order valence-electron chi connectivity index (χ3n) is 4.57. The van der Waals surface area contributed by atoms with Crippen LogP contribution < -0.4 is 5.73 Å². The van der Waals surface area contributed by atoms with E-state index in [1.165, 1.54) is 0 Å². The molecule has 0 bridgehead atoms. The molecule has 0 unspecified atom stereocenters. The summed E-state index contributed by atoms with van der Waals surface area (Å²) in [4.78, 5) is 10.8. The quantitative estimate of drug-likeness (QED) is 0.282. The van der Waals surface area contributed by atoms with E-state index in [0.29, 0.717) is 18.8 Å². The Morgan fingerprint density at radius 3 is 2.12 bits per heavy atom. The number of H-pyrrole nitrogens is 2. The van der Waals surface area contributed by atoms with Crippen molar-refractivity contribution in [1.29, 1.82) is 0 Å². The second-order valence-electron chi connectivity index (χ2n) is 6.39. The average Bonchev–Trinajstić information content (AvgIpc) is 3.19. The number of hydrogen-bond donors (Lipinski definition) is 5. The molecule has 2 aromatic heterocycles. The van der Waals surface area contributed by atoms with Crippen LogP contribution >= 0.6 is 0 Å². The van der Waals surface area contributed by atoms with Crippen molar-refractivity contribution in [2.45, 2.75) is 12.8 Å². The van der Waals surface area contributed by atoms with E-state index in [1.54, 1.807) is 24.3 Å². The van der Waals surface area contributed by atoms with E-state index < -0.39 is 0 Å². The topological polar surface area (TPSA) is 110 Å². The highest BCUT2D eigenvalue weighted by molar-refractivity contribution is 5.91. The Hall–Kier alpha value is -3.41. The number of aliphatic imine (C=N–C) groups is 1. The molecule has 2 heterocycles. The zero-order valence-corrected chi connectivity index (χ0v) is 14.2. The van der Waals surface area contributed by atoms with E-state index in [-0.39, 0.29) is 11.5 Å². The Bertz CT molecular complexity index is 1110. The summed E-state index contributed by atoms with van der Waals surface area (Å²) in [6, 6.07) is 10.5. The van der Waals surface area contributed by atoms with Crippen molar-refractivity contribution >= 4 is 27.6 Å². The zero-order chi connectivity index (χ0) is 18.1. The third-order valence-corrected chi connectivity index (χ3v) is 4.57. The Balaban J connectivity index is 1.46. The van der Waals surface area contributed by atoms with Crippen molar-refractivity contribution in [2.24, 2.45) is 10.7 Å². The summed E-state index contributed by atoms with van der Waals surface area (Å²) in [7, 11) is 0. The van der Waals surface area contributed by atoms with Gasteiger partial charge in [0.15, 0.2) is 0 Å². The average molecular weight is 348 g/mol. The second kappa shape index (κ2) is 6.48. The number of phenolic OH excluding ortho intramolecular Hbond substituents is 2. The van der Waals surface area contributed by atoms with Crippen molar-refractivity contribution in [3.05, 3.63) is 59.9 Å². The molecule has 6 nitrogen and oxygen atoms in total. The lowest BCUT2D eigenvalue weighted by molar-refractivity contribution is 0.475. The molecule has 6 N–H and O–H groups in total. The van der Waals surface area contributed by atoms with E-state index in [4.69, 9.17) is 5.73 Å². The van der Waals surface area contributed by atoms with Gasteiger partial charge in [0.25, 0.3) is 0 Å². The van der Waals surface area contributed by atoms with Crippen LogP contribution in [0.2, 0.25) is 0 Å². The van der Waals surface area contributed by atoms with Gasteiger partial charge in [-0.15, -0.1) is 0 Å². The first-order valence-corrected chi connectivity index (χ1v) is 8.47. The van der Waals surface area contributed by atoms with Gasteiger partial charge in [0.1, 0.15) is 11.5 Å². The number of phenols is 2. The predicted octanol–water partition coefficient (Wildman–Crippen LogP) is 3.20. The number of amidine groups is 1. The molecule has 0 aliphatic heterocycles. The van der Waals surface area contributed by atoms with Gasteiger partial charge in [-0.05, 0) is 53.9 Å². The lowest BCUT2D eigenvalue weighted by Gasteiger charge is -2.02. The number of rotatable bonds is 5. The monoisotopic (exact) mass is 348 g/mol. The highest BCUT2D eigenvalue weighted by Crippen LogP contribution is 2.24. The van der Waals surface area contributed by atoms with E-state index in [2.05, 4.69) is 15.0 Å². The van der Waals surface area contributed by atoms with Crippen LogP contribution in [0.25, 0.3) is 21.8 Å². The van der Waals surface area contributed by atoms with Crippen LogP contribution in [0.5, 0.6) is 11.5 Å². The molecule has 0 radical (unpaired) electrons. The zero-order valence-electron chi connectivity index (χ0n) is 14.2. The molecule has 2 aromatic carbocycles. The van der Waals surface area contributed by atoms with Gasteiger partial charge < -0.3 is 25.9 Å². The molecular formula is C20H20N4O2. The van der Waals surface area contributed by atoms with E-state index in [0.717, 1.165) is 39.4 Å². The molecule has 4 aromatic rings. The molecule has 6 heteroatoms. The van der Waals surface area contributed by atoms with Crippen molar-refractivity contribution in [3.8, 4) is 11.5 Å². The highest BCUT2D eigenvalue weighted by atomic mass is 16.3. The van der Waals surface area contributed by atoms with Gasteiger partial charge in [-0.3, -0.25) is 4.99 Å². The minimum Gasteiger partial charge on any atom is -0.508 e. The molecule has 0 spiro atoms. The number of hydrogen-bond acceptors (Lipinski definition) is 3. The second-order valence-corrected chi connectivity index (χ2v) is 6.39. The lowest BCUT2D eigenvalue weighted by atomic mass is 10.1. The van der Waals surface area contributed by atoms with Crippen LogP contribution in [-0.4, -0.2) is 32.6 Å². The molecule has 0 saturated heterocycles. The molecule has 0 aliphatic carbocycles. The van der Waals surface area contributed by atoms with Crippen molar-refractivity contribution in [2.75, 3.05) is 6.54 Å². The number of fused-ring (bicyclic) bond motifs is 2. The van der Waals surface area contributed by atoms with E-state index in [1.807, 2.05) is 24.5 Å². The van der Waals surface area contributed by atoms with Crippen molar-refractivity contribution in [3.63, 3.8) is 0 Å². The lowest BCUT2D eigenvalue weighted by Crippen LogP contribution is -2.15. The van der Waals surface area contributed by atoms with E-state index in [9.17, 15) is 10.2 Å². The van der Waals surface area contributed by atoms with Gasteiger partial charge in [-0.1, -0.05) is 0 Å². The number of aromatic hydroxyl groups is 2. The van der Waals surface area contributed by atoms with Gasteiger partial charge >= 0.3 is 0 Å². The Kier molecular flexibility index (Phi) is 4.01. The molecule has 0 saturated carbocycles. The number of nitrogens with two attached hydrogens (primary N) is 1. The number of nitrogens with zero attached hydrogens (tertiary/aromatic N) is 1. The molecule has 0 aliphatic rings. The standard InChI is InChI=1S/C20H20N4O2/c21-20(7-13-11-24-19-4-2-15(26)9-17(13)19)22-6-5-12-10-23-18-3-1-14(25)8-16(12)18/h1-4,8-11,23-26H,5-7H2,(H2,21,22). The Labute approximate surface area is 150 Å². The molecule has 26 heavy (non-hydrogen) atoms. The summed E-state index contributed by atoms with van der Waals surface area (Å²) < 4.78 is 0. The Morgan fingerprint density at radius 1 is 0.885 bits per heavy atom. The van der Waals surface area contributed by atoms with Crippen molar-refractivity contribution < 1.29 is 10.2 Å². The third kappa shape index (κ3) is 3.09. The summed E-state index contributed by atoms with van der Waals surface area (Å²) >= 11 is 0. The van der Waals surface area contributed by atoms with Crippen LogP contribution in [0.3, 0.4) is 0 Å². The van der Waals surface area contributed by atoms with E-state index >= 15 is 0 Å².